The van der Waals surface area contributed by atoms with Crippen LogP contribution < -0.4 is 10.6 Å². The molecule has 1 aromatic heterocycles. The summed E-state index contributed by atoms with van der Waals surface area (Å²) in [6, 6.07) is 8.22. The summed E-state index contributed by atoms with van der Waals surface area (Å²) in [6.07, 6.45) is 1.90. The van der Waals surface area contributed by atoms with E-state index in [0.717, 1.165) is 11.1 Å². The first-order chi connectivity index (χ1) is 11.0. The van der Waals surface area contributed by atoms with Crippen molar-refractivity contribution in [1.29, 1.82) is 0 Å². The average molecular weight is 316 g/mol. The zero-order valence-corrected chi connectivity index (χ0v) is 13.1. The van der Waals surface area contributed by atoms with E-state index in [1.54, 1.807) is 6.92 Å². The largest absolute Gasteiger partial charge is 0.472 e. The molecule has 6 heteroatoms. The van der Waals surface area contributed by atoms with Crippen LogP contribution in [0.5, 0.6) is 0 Å². The van der Waals surface area contributed by atoms with Crippen molar-refractivity contribution in [3.63, 3.8) is 0 Å². The quantitative estimate of drug-likeness (QED) is 0.754. The van der Waals surface area contributed by atoms with Gasteiger partial charge < -0.3 is 20.2 Å². The molecule has 23 heavy (non-hydrogen) atoms. The summed E-state index contributed by atoms with van der Waals surface area (Å²) in [4.78, 5) is 23.8. The summed E-state index contributed by atoms with van der Waals surface area (Å²) in [6.45, 7) is 3.61. The van der Waals surface area contributed by atoms with Crippen molar-refractivity contribution in [2.24, 2.45) is 0 Å². The summed E-state index contributed by atoms with van der Waals surface area (Å²) < 4.78 is 4.82. The molecule has 0 spiro atoms. The molecule has 6 nitrogen and oxygen atoms in total. The molecule has 2 amide bonds. The van der Waals surface area contributed by atoms with Crippen LogP contribution in [-0.4, -0.2) is 29.5 Å². The van der Waals surface area contributed by atoms with Crippen LogP contribution in [0.2, 0.25) is 0 Å². The fourth-order valence-electron chi connectivity index (χ4n) is 2.00. The monoisotopic (exact) mass is 316 g/mol. The maximum atomic E-state index is 12.0. The first-order valence-electron chi connectivity index (χ1n) is 7.33. The van der Waals surface area contributed by atoms with Gasteiger partial charge in [-0.3, -0.25) is 9.59 Å². The van der Waals surface area contributed by atoms with Crippen LogP contribution in [-0.2, 0) is 4.79 Å². The molecule has 2 rings (SSSR count). The minimum atomic E-state index is -0.795. The van der Waals surface area contributed by atoms with Gasteiger partial charge in [-0.2, -0.15) is 0 Å². The number of carbonyl (C=O) groups is 2. The second kappa shape index (κ2) is 7.60. The highest BCUT2D eigenvalue weighted by atomic mass is 16.3. The summed E-state index contributed by atoms with van der Waals surface area (Å²) in [7, 11) is 0. The van der Waals surface area contributed by atoms with Gasteiger partial charge in [0.05, 0.1) is 17.9 Å². The summed E-state index contributed by atoms with van der Waals surface area (Å²) in [5, 5.41) is 15.2. The van der Waals surface area contributed by atoms with Crippen molar-refractivity contribution in [3.8, 4) is 0 Å². The Balaban J connectivity index is 1.81. The van der Waals surface area contributed by atoms with E-state index in [0.29, 0.717) is 5.56 Å². The predicted molar refractivity (Wildman–Crippen MR) is 84.8 cm³/mol. The van der Waals surface area contributed by atoms with Crippen LogP contribution in [0.15, 0.2) is 47.3 Å². The normalized spacial score (nSPS) is 13.2. The van der Waals surface area contributed by atoms with E-state index in [2.05, 4.69) is 10.6 Å². The number of rotatable bonds is 6. The molecule has 0 saturated carbocycles. The molecule has 2 atom stereocenters. The van der Waals surface area contributed by atoms with Crippen LogP contribution in [0, 0.1) is 6.92 Å². The molecule has 0 fully saturated rings. The van der Waals surface area contributed by atoms with Crippen LogP contribution in [0.1, 0.15) is 34.5 Å². The lowest BCUT2D eigenvalue weighted by Gasteiger charge is -2.16. The van der Waals surface area contributed by atoms with Crippen molar-refractivity contribution in [2.45, 2.75) is 26.0 Å². The Morgan fingerprint density at radius 1 is 1.22 bits per heavy atom. The summed E-state index contributed by atoms with van der Waals surface area (Å²) in [5.74, 6) is -0.756. The third kappa shape index (κ3) is 4.69. The molecule has 0 radical (unpaired) electrons. The topological polar surface area (TPSA) is 91.6 Å². The smallest absolute Gasteiger partial charge is 0.255 e. The minimum Gasteiger partial charge on any atom is -0.472 e. The number of benzene rings is 1. The van der Waals surface area contributed by atoms with Crippen molar-refractivity contribution in [1.82, 2.24) is 10.6 Å². The first kappa shape index (κ1) is 16.8. The zero-order chi connectivity index (χ0) is 16.8. The Morgan fingerprint density at radius 3 is 2.52 bits per heavy atom. The Hall–Kier alpha value is -2.60. The molecule has 0 bridgehead atoms. The number of aliphatic hydroxyl groups is 1. The van der Waals surface area contributed by atoms with E-state index < -0.39 is 12.1 Å². The van der Waals surface area contributed by atoms with E-state index in [-0.39, 0.29) is 18.4 Å². The van der Waals surface area contributed by atoms with Crippen LogP contribution in [0.25, 0.3) is 0 Å². The fraction of sp³-hybridized carbons (Fsp3) is 0.294. The lowest BCUT2D eigenvalue weighted by Crippen LogP contribution is -2.45. The van der Waals surface area contributed by atoms with Gasteiger partial charge in [0.1, 0.15) is 12.3 Å². The Labute approximate surface area is 134 Å². The SMILES string of the molecule is Cc1ccc([C@@H](O)CNC(=O)[C@H](C)NC(=O)c2ccoc2)cc1. The molecule has 0 aliphatic carbocycles. The van der Waals surface area contributed by atoms with Crippen LogP contribution in [0.3, 0.4) is 0 Å². The number of hydrogen-bond donors (Lipinski definition) is 3. The van der Waals surface area contributed by atoms with E-state index >= 15 is 0 Å². The van der Waals surface area contributed by atoms with Gasteiger partial charge in [0.25, 0.3) is 5.91 Å². The molecule has 0 saturated heterocycles. The molecular weight excluding hydrogens is 296 g/mol. The minimum absolute atomic E-state index is 0.0772. The second-order valence-corrected chi connectivity index (χ2v) is 5.38. The number of aliphatic hydroxyl groups excluding tert-OH is 1. The Kier molecular flexibility index (Phi) is 5.54. The molecule has 1 heterocycles. The van der Waals surface area contributed by atoms with Gasteiger partial charge in [-0.1, -0.05) is 29.8 Å². The molecule has 122 valence electrons. The summed E-state index contributed by atoms with van der Waals surface area (Å²) in [5.41, 5.74) is 2.18. The third-order valence-electron chi connectivity index (χ3n) is 3.46. The first-order valence-corrected chi connectivity index (χ1v) is 7.33. The number of hydrogen-bond acceptors (Lipinski definition) is 4. The molecule has 1 aromatic carbocycles. The second-order valence-electron chi connectivity index (χ2n) is 5.38. The van der Waals surface area contributed by atoms with Gasteiger partial charge in [0, 0.05) is 6.54 Å². The Morgan fingerprint density at radius 2 is 1.91 bits per heavy atom. The Bertz CT molecular complexity index is 650. The number of aryl methyl sites for hydroxylation is 1. The van der Waals surface area contributed by atoms with Crippen molar-refractivity contribution >= 4 is 11.8 Å². The standard InChI is InChI=1S/C17H20N2O4/c1-11-3-5-13(6-4-11)15(20)9-18-16(21)12(2)19-17(22)14-7-8-23-10-14/h3-8,10,12,15,20H,9H2,1-2H3,(H,18,21)(H,19,22)/t12-,15-/m0/s1. The number of furan rings is 1. The molecule has 0 unspecified atom stereocenters. The lowest BCUT2D eigenvalue weighted by atomic mass is 10.1. The van der Waals surface area contributed by atoms with Gasteiger partial charge in [0.15, 0.2) is 0 Å². The van der Waals surface area contributed by atoms with E-state index in [1.165, 1.54) is 18.6 Å². The molecule has 0 aliphatic heterocycles. The summed E-state index contributed by atoms with van der Waals surface area (Å²) >= 11 is 0. The van der Waals surface area contributed by atoms with E-state index in [1.807, 2.05) is 31.2 Å². The van der Waals surface area contributed by atoms with Gasteiger partial charge in [-0.25, -0.2) is 0 Å². The van der Waals surface area contributed by atoms with Gasteiger partial charge in [-0.15, -0.1) is 0 Å². The third-order valence-corrected chi connectivity index (χ3v) is 3.46. The maximum absolute atomic E-state index is 12.0. The molecule has 0 aliphatic rings. The number of carbonyl (C=O) groups excluding carboxylic acids is 2. The van der Waals surface area contributed by atoms with Crippen LogP contribution >= 0.6 is 0 Å². The highest BCUT2D eigenvalue weighted by molar-refractivity contribution is 5.97. The van der Waals surface area contributed by atoms with Crippen LogP contribution in [0.4, 0.5) is 0 Å². The van der Waals surface area contributed by atoms with Crippen molar-refractivity contribution in [2.75, 3.05) is 6.54 Å². The molecule has 2 aromatic rings. The fourth-order valence-corrected chi connectivity index (χ4v) is 2.00. The predicted octanol–water partition coefficient (Wildman–Crippen LogP) is 1.56. The number of nitrogens with one attached hydrogen (secondary N) is 2. The van der Waals surface area contributed by atoms with E-state index in [4.69, 9.17) is 4.42 Å². The number of amides is 2. The lowest BCUT2D eigenvalue weighted by molar-refractivity contribution is -0.123. The highest BCUT2D eigenvalue weighted by Gasteiger charge is 2.18. The molecular formula is C17H20N2O4. The zero-order valence-electron chi connectivity index (χ0n) is 13.1. The maximum Gasteiger partial charge on any atom is 0.255 e. The van der Waals surface area contributed by atoms with Gasteiger partial charge >= 0.3 is 0 Å². The van der Waals surface area contributed by atoms with Crippen molar-refractivity contribution < 1.29 is 19.1 Å². The van der Waals surface area contributed by atoms with Gasteiger partial charge in [0.2, 0.25) is 5.91 Å². The average Bonchev–Trinajstić information content (AvgIpc) is 3.07. The molecule has 3 N–H and O–H groups in total. The van der Waals surface area contributed by atoms with Gasteiger partial charge in [-0.05, 0) is 25.5 Å². The highest BCUT2D eigenvalue weighted by Crippen LogP contribution is 2.12. The van der Waals surface area contributed by atoms with Crippen molar-refractivity contribution in [3.05, 3.63) is 59.5 Å². The van der Waals surface area contributed by atoms with E-state index in [9.17, 15) is 14.7 Å².